The Labute approximate surface area is 140 Å². The van der Waals surface area contributed by atoms with Crippen molar-refractivity contribution in [2.24, 2.45) is 5.92 Å². The molecule has 3 heteroatoms. The molecule has 0 amide bonds. The molecule has 0 N–H and O–H groups in total. The highest BCUT2D eigenvalue weighted by atomic mass is 16.5. The number of nitrogens with zero attached hydrogens (tertiary/aromatic N) is 2. The lowest BCUT2D eigenvalue weighted by Gasteiger charge is -2.17. The van der Waals surface area contributed by atoms with Crippen LogP contribution in [0.5, 0.6) is 5.75 Å². The fourth-order valence-corrected chi connectivity index (χ4v) is 2.53. The number of pyridine rings is 1. The number of hydrogen-bond donors (Lipinski definition) is 0. The minimum atomic E-state index is 0.508. The van der Waals surface area contributed by atoms with Crippen LogP contribution < -0.4 is 4.74 Å². The second kappa shape index (κ2) is 9.31. The smallest absolute Gasteiger partial charge is 0.130 e. The van der Waals surface area contributed by atoms with Crippen molar-refractivity contribution < 1.29 is 4.74 Å². The van der Waals surface area contributed by atoms with Gasteiger partial charge in [0, 0.05) is 12.7 Å². The van der Waals surface area contributed by atoms with E-state index in [1.807, 2.05) is 24.3 Å². The molecule has 1 heterocycles. The average molecular weight is 312 g/mol. The van der Waals surface area contributed by atoms with Crippen LogP contribution >= 0.6 is 0 Å². The van der Waals surface area contributed by atoms with E-state index in [0.717, 1.165) is 30.5 Å². The van der Waals surface area contributed by atoms with Gasteiger partial charge in [0.05, 0.1) is 5.69 Å². The Balaban J connectivity index is 1.82. The highest BCUT2D eigenvalue weighted by molar-refractivity contribution is 5.28. The van der Waals surface area contributed by atoms with Crippen LogP contribution in [0.25, 0.3) is 0 Å². The first-order valence-electron chi connectivity index (χ1n) is 8.43. The quantitative estimate of drug-likeness (QED) is 0.680. The predicted octanol–water partition coefficient (Wildman–Crippen LogP) is 4.53. The standard InChI is InChI=1S/C20H28N2O/c1-17(2)8-7-13-22(3)15-18-9-6-11-20(14-18)23-16-19-10-4-5-12-21-19/h4-6,9-12,14,17H,7-8,13,15-16H2,1-3H3. The van der Waals surface area contributed by atoms with Crippen LogP contribution in [0.4, 0.5) is 0 Å². The topological polar surface area (TPSA) is 25.4 Å². The van der Waals surface area contributed by atoms with Gasteiger partial charge in [0.25, 0.3) is 0 Å². The summed E-state index contributed by atoms with van der Waals surface area (Å²) in [6.45, 7) is 7.16. The summed E-state index contributed by atoms with van der Waals surface area (Å²) >= 11 is 0. The summed E-state index contributed by atoms with van der Waals surface area (Å²) in [5.74, 6) is 1.69. The van der Waals surface area contributed by atoms with E-state index < -0.39 is 0 Å². The van der Waals surface area contributed by atoms with Gasteiger partial charge in [-0.25, -0.2) is 0 Å². The van der Waals surface area contributed by atoms with Crippen molar-refractivity contribution in [2.45, 2.75) is 39.8 Å². The van der Waals surface area contributed by atoms with Crippen molar-refractivity contribution in [1.82, 2.24) is 9.88 Å². The van der Waals surface area contributed by atoms with E-state index in [2.05, 4.69) is 49.0 Å². The number of ether oxygens (including phenoxy) is 1. The molecular weight excluding hydrogens is 284 g/mol. The molecule has 0 spiro atoms. The molecule has 0 atom stereocenters. The van der Waals surface area contributed by atoms with Crippen LogP contribution in [-0.4, -0.2) is 23.5 Å². The summed E-state index contributed by atoms with van der Waals surface area (Å²) in [6.07, 6.45) is 4.34. The Morgan fingerprint density at radius 3 is 2.74 bits per heavy atom. The summed E-state index contributed by atoms with van der Waals surface area (Å²) in [6, 6.07) is 14.2. The fourth-order valence-electron chi connectivity index (χ4n) is 2.53. The summed E-state index contributed by atoms with van der Waals surface area (Å²) in [5.41, 5.74) is 2.24. The maximum absolute atomic E-state index is 5.85. The van der Waals surface area contributed by atoms with Crippen molar-refractivity contribution in [2.75, 3.05) is 13.6 Å². The Kier molecular flexibility index (Phi) is 7.08. The SMILES string of the molecule is CC(C)CCCN(C)Cc1cccc(OCc2ccccn2)c1. The first kappa shape index (κ1) is 17.5. The van der Waals surface area contributed by atoms with Gasteiger partial charge < -0.3 is 9.64 Å². The number of hydrogen-bond acceptors (Lipinski definition) is 3. The molecule has 0 unspecified atom stereocenters. The number of aromatic nitrogens is 1. The van der Waals surface area contributed by atoms with E-state index >= 15 is 0 Å². The molecule has 0 saturated heterocycles. The van der Waals surface area contributed by atoms with E-state index in [1.165, 1.54) is 18.4 Å². The molecule has 2 aromatic rings. The molecular formula is C20H28N2O. The Morgan fingerprint density at radius 1 is 1.13 bits per heavy atom. The van der Waals surface area contributed by atoms with E-state index in [4.69, 9.17) is 4.74 Å². The van der Waals surface area contributed by atoms with Gasteiger partial charge in [0.15, 0.2) is 0 Å². The summed E-state index contributed by atoms with van der Waals surface area (Å²) in [7, 11) is 2.18. The van der Waals surface area contributed by atoms with Crippen LogP contribution in [-0.2, 0) is 13.2 Å². The van der Waals surface area contributed by atoms with Crippen molar-refractivity contribution in [1.29, 1.82) is 0 Å². The van der Waals surface area contributed by atoms with E-state index in [0.29, 0.717) is 6.61 Å². The van der Waals surface area contributed by atoms with Crippen LogP contribution in [0.1, 0.15) is 37.9 Å². The molecule has 1 aromatic carbocycles. The second-order valence-electron chi connectivity index (χ2n) is 6.53. The summed E-state index contributed by atoms with van der Waals surface area (Å²) in [5, 5.41) is 0. The Bertz CT molecular complexity index is 569. The zero-order valence-electron chi connectivity index (χ0n) is 14.5. The zero-order valence-corrected chi connectivity index (χ0v) is 14.5. The second-order valence-corrected chi connectivity index (χ2v) is 6.53. The summed E-state index contributed by atoms with van der Waals surface area (Å²) < 4.78 is 5.85. The van der Waals surface area contributed by atoms with Gasteiger partial charge in [-0.1, -0.05) is 32.0 Å². The van der Waals surface area contributed by atoms with Crippen LogP contribution in [0.3, 0.4) is 0 Å². The number of rotatable bonds is 9. The van der Waals surface area contributed by atoms with Crippen molar-refractivity contribution in [3.05, 3.63) is 59.9 Å². The molecule has 0 bridgehead atoms. The van der Waals surface area contributed by atoms with Gasteiger partial charge in [0.2, 0.25) is 0 Å². The fraction of sp³-hybridized carbons (Fsp3) is 0.450. The molecule has 2 rings (SSSR count). The lowest BCUT2D eigenvalue weighted by Crippen LogP contribution is -2.19. The van der Waals surface area contributed by atoms with E-state index in [9.17, 15) is 0 Å². The highest BCUT2D eigenvalue weighted by Gasteiger charge is 2.03. The number of benzene rings is 1. The first-order valence-corrected chi connectivity index (χ1v) is 8.43. The normalized spacial score (nSPS) is 11.2. The van der Waals surface area contributed by atoms with Crippen LogP contribution in [0.2, 0.25) is 0 Å². The molecule has 3 nitrogen and oxygen atoms in total. The first-order chi connectivity index (χ1) is 11.1. The maximum atomic E-state index is 5.85. The molecule has 0 radical (unpaired) electrons. The lowest BCUT2D eigenvalue weighted by atomic mass is 10.1. The summed E-state index contributed by atoms with van der Waals surface area (Å²) in [4.78, 5) is 6.65. The molecule has 23 heavy (non-hydrogen) atoms. The largest absolute Gasteiger partial charge is 0.487 e. The minimum absolute atomic E-state index is 0.508. The molecule has 0 aliphatic heterocycles. The molecule has 0 fully saturated rings. The van der Waals surface area contributed by atoms with Gasteiger partial charge in [-0.3, -0.25) is 4.98 Å². The molecule has 0 saturated carbocycles. The predicted molar refractivity (Wildman–Crippen MR) is 95.4 cm³/mol. The average Bonchev–Trinajstić information content (AvgIpc) is 2.54. The van der Waals surface area contributed by atoms with Crippen molar-refractivity contribution in [3.63, 3.8) is 0 Å². The van der Waals surface area contributed by atoms with Crippen LogP contribution in [0, 0.1) is 5.92 Å². The van der Waals surface area contributed by atoms with Gasteiger partial charge in [0.1, 0.15) is 12.4 Å². The third-order valence-electron chi connectivity index (χ3n) is 3.79. The van der Waals surface area contributed by atoms with Crippen LogP contribution in [0.15, 0.2) is 48.7 Å². The molecule has 0 aliphatic rings. The molecule has 0 aliphatic carbocycles. The lowest BCUT2D eigenvalue weighted by molar-refractivity contribution is 0.296. The third-order valence-corrected chi connectivity index (χ3v) is 3.79. The van der Waals surface area contributed by atoms with Gasteiger partial charge in [-0.05, 0) is 62.2 Å². The molecule has 124 valence electrons. The Morgan fingerprint density at radius 2 is 2.00 bits per heavy atom. The van der Waals surface area contributed by atoms with E-state index in [1.54, 1.807) is 6.20 Å². The molecule has 1 aromatic heterocycles. The minimum Gasteiger partial charge on any atom is -0.487 e. The van der Waals surface area contributed by atoms with Crippen molar-refractivity contribution in [3.8, 4) is 5.75 Å². The van der Waals surface area contributed by atoms with Gasteiger partial charge in [-0.2, -0.15) is 0 Å². The zero-order chi connectivity index (χ0) is 16.5. The Hall–Kier alpha value is -1.87. The maximum Gasteiger partial charge on any atom is 0.130 e. The monoisotopic (exact) mass is 312 g/mol. The third kappa shape index (κ3) is 6.83. The van der Waals surface area contributed by atoms with Gasteiger partial charge >= 0.3 is 0 Å². The van der Waals surface area contributed by atoms with E-state index in [-0.39, 0.29) is 0 Å². The highest BCUT2D eigenvalue weighted by Crippen LogP contribution is 2.16. The van der Waals surface area contributed by atoms with Gasteiger partial charge in [-0.15, -0.1) is 0 Å². The van der Waals surface area contributed by atoms with Crippen molar-refractivity contribution >= 4 is 0 Å².